The van der Waals surface area contributed by atoms with Crippen molar-refractivity contribution in [1.29, 1.82) is 0 Å². The first-order chi connectivity index (χ1) is 17.4. The lowest BCUT2D eigenvalue weighted by Crippen LogP contribution is -2.72. The van der Waals surface area contributed by atoms with Crippen molar-refractivity contribution in [3.63, 3.8) is 0 Å². The van der Waals surface area contributed by atoms with Gasteiger partial charge in [0.2, 0.25) is 0 Å². The molecular weight excluding hydrogens is 459 g/mol. The third-order valence-electron chi connectivity index (χ3n) is 8.01. The van der Waals surface area contributed by atoms with E-state index in [1.165, 1.54) is 12.1 Å². The van der Waals surface area contributed by atoms with E-state index in [-0.39, 0.29) is 22.8 Å². The fourth-order valence-corrected chi connectivity index (χ4v) is 5.53. The zero-order valence-electron chi connectivity index (χ0n) is 20.2. The fourth-order valence-electron chi connectivity index (χ4n) is 5.53. The highest BCUT2D eigenvalue weighted by Gasteiger charge is 2.51. The lowest BCUT2D eigenvalue weighted by atomic mass is 9.79. The van der Waals surface area contributed by atoms with Gasteiger partial charge in [-0.05, 0) is 44.0 Å². The molecule has 0 unspecified atom stereocenters. The molecule has 186 valence electrons. The smallest absolute Gasteiger partial charge is 0.253 e. The summed E-state index contributed by atoms with van der Waals surface area (Å²) in [6.45, 7) is 5.61. The molecule has 2 saturated heterocycles. The Kier molecular flexibility index (Phi) is 5.38. The molecule has 3 aromatic heterocycles. The Hall–Kier alpha value is -3.63. The molecule has 0 atom stereocenters. The fraction of sp³-hybridized carbons (Fsp3) is 0.385. The van der Waals surface area contributed by atoms with E-state index in [1.54, 1.807) is 18.5 Å². The molecule has 2 aliphatic heterocycles. The average molecular weight is 489 g/mol. The summed E-state index contributed by atoms with van der Waals surface area (Å²) in [5.41, 5.74) is 8.97. The molecule has 9 nitrogen and oxygen atoms in total. The zero-order valence-corrected chi connectivity index (χ0v) is 20.2. The topological polar surface area (TPSA) is 109 Å². The number of carbonyl (C=O) groups excluding carboxylic acids is 1. The van der Waals surface area contributed by atoms with Crippen LogP contribution < -0.4 is 5.73 Å². The van der Waals surface area contributed by atoms with E-state index in [1.807, 2.05) is 34.2 Å². The Labute approximate surface area is 208 Å². The zero-order chi connectivity index (χ0) is 24.9. The number of carbonyl (C=O) groups is 1. The van der Waals surface area contributed by atoms with Gasteiger partial charge in [0.15, 0.2) is 0 Å². The Morgan fingerprint density at radius 2 is 2.00 bits per heavy atom. The van der Waals surface area contributed by atoms with Crippen LogP contribution in [0.1, 0.15) is 30.1 Å². The lowest BCUT2D eigenvalue weighted by Gasteiger charge is -2.58. The van der Waals surface area contributed by atoms with Gasteiger partial charge in [0.1, 0.15) is 23.3 Å². The molecule has 4 aromatic rings. The van der Waals surface area contributed by atoms with Crippen molar-refractivity contribution in [2.24, 2.45) is 5.73 Å². The number of piperidine rings is 1. The Morgan fingerprint density at radius 3 is 2.75 bits per heavy atom. The monoisotopic (exact) mass is 488 g/mol. The number of amides is 1. The third kappa shape index (κ3) is 3.68. The van der Waals surface area contributed by atoms with Gasteiger partial charge in [-0.25, -0.2) is 14.4 Å². The highest BCUT2D eigenvalue weighted by molar-refractivity contribution is 5.94. The van der Waals surface area contributed by atoms with Crippen molar-refractivity contribution in [2.75, 3.05) is 32.7 Å². The summed E-state index contributed by atoms with van der Waals surface area (Å²) in [5.74, 6) is -0.498. The number of hydrogen-bond donors (Lipinski definition) is 2. The second-order valence-corrected chi connectivity index (χ2v) is 10.2. The van der Waals surface area contributed by atoms with Crippen LogP contribution in [0, 0.1) is 5.82 Å². The molecule has 2 fully saturated rings. The summed E-state index contributed by atoms with van der Waals surface area (Å²) in [6, 6.07) is 7.88. The molecule has 0 aliphatic carbocycles. The van der Waals surface area contributed by atoms with E-state index < -0.39 is 0 Å². The van der Waals surface area contributed by atoms with Gasteiger partial charge in [-0.15, -0.1) is 0 Å². The minimum atomic E-state index is -0.389. The maximum atomic E-state index is 13.6. The summed E-state index contributed by atoms with van der Waals surface area (Å²) in [6.07, 6.45) is 8.99. The van der Waals surface area contributed by atoms with Gasteiger partial charge >= 0.3 is 0 Å². The van der Waals surface area contributed by atoms with Gasteiger partial charge in [0.25, 0.3) is 5.91 Å². The number of aromatic nitrogens is 5. The number of hydrogen-bond acceptors (Lipinski definition) is 6. The van der Waals surface area contributed by atoms with Crippen LogP contribution in [0.15, 0.2) is 55.2 Å². The van der Waals surface area contributed by atoms with Gasteiger partial charge < -0.3 is 15.6 Å². The molecular formula is C26H29FN8O. The predicted octanol–water partition coefficient (Wildman–Crippen LogP) is 2.63. The molecule has 6 rings (SSSR count). The Morgan fingerprint density at radius 1 is 1.19 bits per heavy atom. The number of nitrogens with one attached hydrogen (secondary N) is 1. The summed E-state index contributed by atoms with van der Waals surface area (Å²) in [4.78, 5) is 29.0. The summed E-state index contributed by atoms with van der Waals surface area (Å²) in [5, 5.41) is 5.64. The number of nitrogens with zero attached hydrogens (tertiary/aromatic N) is 6. The number of rotatable bonds is 5. The van der Waals surface area contributed by atoms with Crippen molar-refractivity contribution in [2.45, 2.75) is 30.8 Å². The molecule has 1 amide bonds. The highest BCUT2D eigenvalue weighted by Crippen LogP contribution is 2.39. The largest absolute Gasteiger partial charge is 0.346 e. The van der Waals surface area contributed by atoms with Crippen LogP contribution >= 0.6 is 0 Å². The highest BCUT2D eigenvalue weighted by atomic mass is 19.1. The van der Waals surface area contributed by atoms with Crippen LogP contribution in [0.3, 0.4) is 0 Å². The van der Waals surface area contributed by atoms with Gasteiger partial charge in [-0.2, -0.15) is 5.10 Å². The van der Waals surface area contributed by atoms with E-state index in [4.69, 9.17) is 5.73 Å². The van der Waals surface area contributed by atoms with Crippen molar-refractivity contribution < 1.29 is 9.18 Å². The number of nitrogens with two attached hydrogens (primary N) is 1. The first-order valence-corrected chi connectivity index (χ1v) is 12.2. The van der Waals surface area contributed by atoms with E-state index in [0.717, 1.165) is 48.2 Å². The minimum absolute atomic E-state index is 0.0304. The first-order valence-electron chi connectivity index (χ1n) is 12.2. The minimum Gasteiger partial charge on any atom is -0.346 e. The second kappa shape index (κ2) is 8.49. The maximum absolute atomic E-state index is 13.6. The molecule has 2 aliphatic rings. The second-order valence-electron chi connectivity index (χ2n) is 10.2. The van der Waals surface area contributed by atoms with Crippen LogP contribution in [0.2, 0.25) is 0 Å². The Bertz CT molecular complexity index is 1410. The third-order valence-corrected chi connectivity index (χ3v) is 8.01. The Balaban J connectivity index is 1.14. The number of benzene rings is 1. The molecule has 36 heavy (non-hydrogen) atoms. The summed E-state index contributed by atoms with van der Waals surface area (Å²) < 4.78 is 15.6. The van der Waals surface area contributed by atoms with E-state index >= 15 is 0 Å². The van der Waals surface area contributed by atoms with Gasteiger partial charge in [0.05, 0.1) is 11.9 Å². The van der Waals surface area contributed by atoms with Crippen molar-refractivity contribution in [3.05, 3.63) is 66.6 Å². The lowest BCUT2D eigenvalue weighted by molar-refractivity contribution is -0.0831. The number of fused-ring (bicyclic) bond motifs is 1. The molecule has 10 heteroatoms. The normalized spacial score (nSPS) is 19.4. The summed E-state index contributed by atoms with van der Waals surface area (Å²) >= 11 is 0. The molecule has 0 saturated carbocycles. The molecule has 0 radical (unpaired) electrons. The predicted molar refractivity (Wildman–Crippen MR) is 134 cm³/mol. The average Bonchev–Trinajstić information content (AvgIpc) is 3.54. The first kappa shape index (κ1) is 22.8. The van der Waals surface area contributed by atoms with Gasteiger partial charge in [-0.3, -0.25) is 14.4 Å². The van der Waals surface area contributed by atoms with Crippen molar-refractivity contribution in [3.8, 4) is 11.3 Å². The molecule has 1 aromatic carbocycles. The van der Waals surface area contributed by atoms with Crippen LogP contribution in [0.25, 0.3) is 22.3 Å². The van der Waals surface area contributed by atoms with Crippen LogP contribution in [-0.2, 0) is 5.54 Å². The number of likely N-dealkylation sites (tertiary alicyclic amines) is 2. The molecule has 0 spiro atoms. The summed E-state index contributed by atoms with van der Waals surface area (Å²) in [7, 11) is 0. The van der Waals surface area contributed by atoms with Crippen LogP contribution in [0.5, 0.6) is 0 Å². The van der Waals surface area contributed by atoms with Crippen molar-refractivity contribution in [1.82, 2.24) is 34.5 Å². The number of aromatic amines is 1. The molecule has 3 N–H and O–H groups in total. The van der Waals surface area contributed by atoms with Crippen LogP contribution in [0.4, 0.5) is 4.39 Å². The van der Waals surface area contributed by atoms with Crippen LogP contribution in [-0.4, -0.2) is 78.7 Å². The molecule has 5 heterocycles. The van der Waals surface area contributed by atoms with Gasteiger partial charge in [-0.1, -0.05) is 6.07 Å². The number of H-pyrrole nitrogens is 1. The van der Waals surface area contributed by atoms with E-state index in [0.29, 0.717) is 25.2 Å². The quantitative estimate of drug-likeness (QED) is 0.447. The van der Waals surface area contributed by atoms with E-state index in [2.05, 4.69) is 31.9 Å². The maximum Gasteiger partial charge on any atom is 0.253 e. The SMILES string of the molecule is CC1(N2CC(CN)(n3cc(-c4ncnc5[nH]ccc45)cn3)C2)CCN(C(=O)c2cccc(F)c2)CC1. The van der Waals surface area contributed by atoms with Crippen molar-refractivity contribution >= 4 is 16.9 Å². The number of halogens is 1. The standard InChI is InChI=1S/C26H29FN8O/c1-25(6-9-33(10-7-25)24(36)18-3-2-4-20(27)11-18)34-15-26(14-28,16-34)35-13-19(12-32-35)22-21-5-8-29-23(21)31-17-30-22/h2-5,8,11-13,17H,6-7,9-10,14-16,28H2,1H3,(H,29,30,31). The van der Waals surface area contributed by atoms with Gasteiger partial charge in [0, 0.05) is 67.2 Å². The van der Waals surface area contributed by atoms with E-state index in [9.17, 15) is 9.18 Å². The molecule has 0 bridgehead atoms.